The maximum Gasteiger partial charge on any atom is 0.128 e. The van der Waals surface area contributed by atoms with Crippen molar-refractivity contribution in [3.63, 3.8) is 0 Å². The Morgan fingerprint density at radius 2 is 1.69 bits per heavy atom. The van der Waals surface area contributed by atoms with Gasteiger partial charge in [-0.3, -0.25) is 4.90 Å². The van der Waals surface area contributed by atoms with Crippen LogP contribution in [0.1, 0.15) is 83.3 Å². The molecule has 1 saturated carbocycles. The van der Waals surface area contributed by atoms with Gasteiger partial charge in [0.05, 0.1) is 11.5 Å². The molecule has 2 aromatic rings. The van der Waals surface area contributed by atoms with Crippen molar-refractivity contribution >= 4 is 0 Å². The molecule has 1 aliphatic carbocycles. The molecule has 1 fully saturated rings. The van der Waals surface area contributed by atoms with Gasteiger partial charge in [-0.2, -0.15) is 5.26 Å². The third kappa shape index (κ3) is 5.59. The van der Waals surface area contributed by atoms with Crippen molar-refractivity contribution in [2.75, 3.05) is 0 Å². The quantitative estimate of drug-likeness (QED) is 0.384. The van der Waals surface area contributed by atoms with Gasteiger partial charge in [0.25, 0.3) is 0 Å². The number of hydrogen-bond acceptors (Lipinski definition) is 2. The smallest absolute Gasteiger partial charge is 0.128 e. The van der Waals surface area contributed by atoms with E-state index in [1.807, 2.05) is 12.1 Å². The first-order valence-corrected chi connectivity index (χ1v) is 12.5. The lowest BCUT2D eigenvalue weighted by atomic mass is 9.63. The van der Waals surface area contributed by atoms with E-state index in [4.69, 9.17) is 0 Å². The Bertz CT molecular complexity index is 866. The molecule has 172 valence electrons. The van der Waals surface area contributed by atoms with Crippen molar-refractivity contribution in [1.82, 2.24) is 4.90 Å². The summed E-state index contributed by atoms with van der Waals surface area (Å²) in [5.74, 6) is 0.00922. The summed E-state index contributed by atoms with van der Waals surface area (Å²) in [5.41, 5.74) is 1.19. The van der Waals surface area contributed by atoms with Crippen molar-refractivity contribution in [2.45, 2.75) is 96.2 Å². The van der Waals surface area contributed by atoms with E-state index in [9.17, 15) is 5.26 Å². The number of rotatable bonds is 10. The number of nitriles is 1. The topological polar surface area (TPSA) is 27.0 Å². The molecule has 2 nitrogen and oxygen atoms in total. The predicted octanol–water partition coefficient (Wildman–Crippen LogP) is 7.64. The monoisotopic (exact) mass is 434 g/mol. The zero-order valence-corrected chi connectivity index (χ0v) is 20.1. The second kappa shape index (κ2) is 11.6. The Labute approximate surface area is 194 Å². The fourth-order valence-electron chi connectivity index (χ4n) is 5.71. The zero-order chi connectivity index (χ0) is 23.0. The Hall–Kier alpha value is -2.18. The van der Waals surface area contributed by atoms with Crippen LogP contribution in [0.5, 0.6) is 0 Å². The highest BCUT2D eigenvalue weighted by atomic mass is 19.1. The average molecular weight is 435 g/mol. The highest BCUT2D eigenvalue weighted by Gasteiger charge is 2.43. The number of hydrogen-bond donors (Lipinski definition) is 0. The normalized spacial score (nSPS) is 17.8. The lowest BCUT2D eigenvalue weighted by molar-refractivity contribution is 0.118. The summed E-state index contributed by atoms with van der Waals surface area (Å²) in [4.78, 5) is 2.56. The van der Waals surface area contributed by atoms with Crippen LogP contribution in [0, 0.1) is 23.1 Å². The summed E-state index contributed by atoms with van der Waals surface area (Å²) in [5, 5.41) is 10.5. The van der Waals surface area contributed by atoms with Crippen LogP contribution in [0.3, 0.4) is 0 Å². The summed E-state index contributed by atoms with van der Waals surface area (Å²) in [6.07, 6.45) is 8.20. The molecule has 2 unspecified atom stereocenters. The summed E-state index contributed by atoms with van der Waals surface area (Å²) in [7, 11) is 0. The van der Waals surface area contributed by atoms with Gasteiger partial charge in [0.2, 0.25) is 0 Å². The molecular weight excluding hydrogens is 395 g/mol. The predicted molar refractivity (Wildman–Crippen MR) is 131 cm³/mol. The van der Waals surface area contributed by atoms with Gasteiger partial charge >= 0.3 is 0 Å². The molecule has 0 N–H and O–H groups in total. The van der Waals surface area contributed by atoms with Crippen LogP contribution in [0.15, 0.2) is 54.6 Å². The maximum atomic E-state index is 15.0. The van der Waals surface area contributed by atoms with Gasteiger partial charge in [-0.15, -0.1) is 0 Å². The molecule has 0 saturated heterocycles. The molecule has 1 aliphatic rings. The van der Waals surface area contributed by atoms with Gasteiger partial charge in [0, 0.05) is 24.2 Å². The molecule has 0 radical (unpaired) electrons. The molecule has 2 aromatic carbocycles. The molecule has 0 amide bonds. The summed E-state index contributed by atoms with van der Waals surface area (Å²) < 4.78 is 15.0. The Morgan fingerprint density at radius 3 is 2.28 bits per heavy atom. The van der Waals surface area contributed by atoms with E-state index in [2.05, 4.69) is 62.1 Å². The van der Waals surface area contributed by atoms with Crippen molar-refractivity contribution in [2.24, 2.45) is 5.92 Å². The van der Waals surface area contributed by atoms with Gasteiger partial charge in [-0.1, -0.05) is 74.7 Å². The molecule has 0 aliphatic heterocycles. The zero-order valence-electron chi connectivity index (χ0n) is 20.1. The minimum atomic E-state index is -0.741. The molecular formula is C29H39FN2. The standard InChI is InChI=1S/C29H39FN2/c1-4-26(32(23(2)3)21-24-13-7-5-8-14-24)19-20-29(22-31,25-15-9-6-10-16-25)27-17-11-12-18-28(27)30/h5,7-8,11-14,17-18,23,25-26H,4,6,9-10,15-16,19-21H2,1-3H3. The molecule has 32 heavy (non-hydrogen) atoms. The SMILES string of the molecule is CCC(CCC(C#N)(c1ccccc1F)C1CCCCC1)N(Cc1ccccc1)C(C)C. The first-order chi connectivity index (χ1) is 15.5. The number of nitrogens with zero attached hydrogens (tertiary/aromatic N) is 2. The van der Waals surface area contributed by atoms with Crippen molar-refractivity contribution in [1.29, 1.82) is 5.26 Å². The van der Waals surface area contributed by atoms with E-state index in [0.717, 1.165) is 45.1 Å². The van der Waals surface area contributed by atoms with Crippen LogP contribution in [0.25, 0.3) is 0 Å². The van der Waals surface area contributed by atoms with Crippen molar-refractivity contribution < 1.29 is 4.39 Å². The third-order valence-corrected chi connectivity index (χ3v) is 7.54. The van der Waals surface area contributed by atoms with Gasteiger partial charge in [0.1, 0.15) is 5.82 Å². The van der Waals surface area contributed by atoms with Crippen LogP contribution in [-0.2, 0) is 12.0 Å². The van der Waals surface area contributed by atoms with Gasteiger partial charge in [0.15, 0.2) is 0 Å². The van der Waals surface area contributed by atoms with Gasteiger partial charge < -0.3 is 0 Å². The minimum absolute atomic E-state index is 0.224. The average Bonchev–Trinajstić information content (AvgIpc) is 2.83. The Morgan fingerprint density at radius 1 is 1.03 bits per heavy atom. The molecule has 3 rings (SSSR count). The van der Waals surface area contributed by atoms with Crippen LogP contribution in [0.2, 0.25) is 0 Å². The minimum Gasteiger partial charge on any atom is -0.294 e. The van der Waals surface area contributed by atoms with Crippen LogP contribution in [0.4, 0.5) is 4.39 Å². The van der Waals surface area contributed by atoms with Gasteiger partial charge in [-0.05, 0) is 63.5 Å². The second-order valence-corrected chi connectivity index (χ2v) is 9.75. The largest absolute Gasteiger partial charge is 0.294 e. The maximum absolute atomic E-state index is 15.0. The lowest BCUT2D eigenvalue weighted by Crippen LogP contribution is -2.42. The van der Waals surface area contributed by atoms with Crippen molar-refractivity contribution in [3.05, 3.63) is 71.5 Å². The van der Waals surface area contributed by atoms with E-state index in [0.29, 0.717) is 24.1 Å². The first kappa shape index (κ1) is 24.5. The van der Waals surface area contributed by atoms with Crippen LogP contribution >= 0.6 is 0 Å². The number of benzene rings is 2. The third-order valence-electron chi connectivity index (χ3n) is 7.54. The second-order valence-electron chi connectivity index (χ2n) is 9.75. The summed E-state index contributed by atoms with van der Waals surface area (Å²) in [6.45, 7) is 7.64. The van der Waals surface area contributed by atoms with Crippen LogP contribution < -0.4 is 0 Å². The molecule has 0 aromatic heterocycles. The van der Waals surface area contributed by atoms with E-state index in [1.165, 1.54) is 18.1 Å². The van der Waals surface area contributed by atoms with E-state index < -0.39 is 5.41 Å². The highest BCUT2D eigenvalue weighted by molar-refractivity contribution is 5.35. The summed E-state index contributed by atoms with van der Waals surface area (Å²) >= 11 is 0. The van der Waals surface area contributed by atoms with E-state index in [-0.39, 0.29) is 11.7 Å². The molecule has 0 bridgehead atoms. The van der Waals surface area contributed by atoms with E-state index in [1.54, 1.807) is 6.07 Å². The fraction of sp³-hybridized carbons (Fsp3) is 0.552. The molecule has 3 heteroatoms. The highest BCUT2D eigenvalue weighted by Crippen LogP contribution is 2.45. The molecule has 0 spiro atoms. The van der Waals surface area contributed by atoms with Crippen LogP contribution in [-0.4, -0.2) is 17.0 Å². The Kier molecular flexibility index (Phi) is 8.88. The first-order valence-electron chi connectivity index (χ1n) is 12.5. The lowest BCUT2D eigenvalue weighted by Gasteiger charge is -2.41. The van der Waals surface area contributed by atoms with Gasteiger partial charge in [-0.25, -0.2) is 4.39 Å². The summed E-state index contributed by atoms with van der Waals surface area (Å²) in [6, 6.07) is 21.1. The molecule has 0 heterocycles. The van der Waals surface area contributed by atoms with E-state index >= 15 is 4.39 Å². The Balaban J connectivity index is 1.87. The number of halogens is 1. The van der Waals surface area contributed by atoms with Crippen molar-refractivity contribution in [3.8, 4) is 6.07 Å². The fourth-order valence-corrected chi connectivity index (χ4v) is 5.71. The molecule has 2 atom stereocenters.